The van der Waals surface area contributed by atoms with Crippen LogP contribution < -0.4 is 4.18 Å². The van der Waals surface area contributed by atoms with Gasteiger partial charge in [0.1, 0.15) is 21.3 Å². The highest BCUT2D eigenvalue weighted by Gasteiger charge is 2.19. The lowest BCUT2D eigenvalue weighted by Gasteiger charge is -2.10. The van der Waals surface area contributed by atoms with E-state index in [0.717, 1.165) is 0 Å². The van der Waals surface area contributed by atoms with E-state index >= 15 is 0 Å². The Morgan fingerprint density at radius 1 is 0.724 bits per heavy atom. The molecule has 0 saturated carbocycles. The largest absolute Gasteiger partial charge is 0.508 e. The fourth-order valence-electron chi connectivity index (χ4n) is 3.05. The number of fused-ring (bicyclic) bond motifs is 2. The van der Waals surface area contributed by atoms with E-state index < -0.39 is 20.2 Å². The lowest BCUT2D eigenvalue weighted by molar-refractivity contribution is 0.476. The van der Waals surface area contributed by atoms with Gasteiger partial charge in [0, 0.05) is 5.39 Å². The van der Waals surface area contributed by atoms with E-state index in [4.69, 9.17) is 4.18 Å². The van der Waals surface area contributed by atoms with Crippen LogP contribution in [0.25, 0.3) is 21.5 Å². The molecule has 0 fully saturated rings. The van der Waals surface area contributed by atoms with Crippen molar-refractivity contribution in [2.24, 2.45) is 0 Å². The third-order valence-electron chi connectivity index (χ3n) is 4.38. The minimum atomic E-state index is -4.42. The monoisotopic (exact) mass is 430 g/mol. The Kier molecular flexibility index (Phi) is 4.45. The van der Waals surface area contributed by atoms with Gasteiger partial charge < -0.3 is 9.29 Å². The lowest BCUT2D eigenvalue weighted by Crippen LogP contribution is -2.09. The lowest BCUT2D eigenvalue weighted by atomic mass is 10.1. The molecule has 4 rings (SSSR count). The van der Waals surface area contributed by atoms with Crippen molar-refractivity contribution in [3.63, 3.8) is 0 Å². The van der Waals surface area contributed by atoms with Gasteiger partial charge in [-0.3, -0.25) is 4.55 Å². The van der Waals surface area contributed by atoms with Crippen molar-refractivity contribution in [3.8, 4) is 11.5 Å². The van der Waals surface area contributed by atoms with Gasteiger partial charge in [-0.05, 0) is 64.7 Å². The van der Waals surface area contributed by atoms with E-state index in [9.17, 15) is 26.5 Å². The quantitative estimate of drug-likeness (QED) is 0.374. The summed E-state index contributed by atoms with van der Waals surface area (Å²) < 4.78 is 62.8. The van der Waals surface area contributed by atoms with E-state index in [1.54, 1.807) is 18.2 Å². The van der Waals surface area contributed by atoms with Crippen LogP contribution in [0.4, 0.5) is 0 Å². The van der Waals surface area contributed by atoms with Gasteiger partial charge in [-0.25, -0.2) is 0 Å². The molecular weight excluding hydrogens is 416 g/mol. The van der Waals surface area contributed by atoms with Gasteiger partial charge in [0.25, 0.3) is 10.1 Å². The van der Waals surface area contributed by atoms with Gasteiger partial charge >= 0.3 is 10.1 Å². The second kappa shape index (κ2) is 6.73. The van der Waals surface area contributed by atoms with Gasteiger partial charge in [0.2, 0.25) is 0 Å². The Labute approximate surface area is 166 Å². The fraction of sp³-hybridized carbons (Fsp3) is 0. The summed E-state index contributed by atoms with van der Waals surface area (Å²) in [5.74, 6) is 0.0700. The number of hydrogen-bond donors (Lipinski definition) is 2. The number of rotatable bonds is 4. The van der Waals surface area contributed by atoms with Crippen LogP contribution in [0.3, 0.4) is 0 Å². The normalized spacial score (nSPS) is 12.3. The standard InChI is InChI=1S/C20H14O7S2/c21-16-6-4-14-12-18(8-5-13(14)10-16)29(25,26)27-17-7-9-19-15(11-17)2-1-3-20(19)28(22,23)24/h1-12,21H,(H,22,23,24). The van der Waals surface area contributed by atoms with Crippen LogP contribution in [0.15, 0.2) is 82.6 Å². The Morgan fingerprint density at radius 2 is 1.45 bits per heavy atom. The molecule has 0 aromatic heterocycles. The predicted molar refractivity (Wildman–Crippen MR) is 107 cm³/mol. The first-order valence-electron chi connectivity index (χ1n) is 8.31. The molecule has 0 aliphatic heterocycles. The minimum absolute atomic E-state index is 0.00390. The van der Waals surface area contributed by atoms with Crippen molar-refractivity contribution in [1.29, 1.82) is 0 Å². The molecule has 0 aliphatic carbocycles. The van der Waals surface area contributed by atoms with Crippen molar-refractivity contribution < 1.29 is 30.7 Å². The highest BCUT2D eigenvalue weighted by atomic mass is 32.2. The molecule has 0 spiro atoms. The van der Waals surface area contributed by atoms with E-state index in [1.807, 2.05) is 0 Å². The van der Waals surface area contributed by atoms with Gasteiger partial charge in [-0.2, -0.15) is 16.8 Å². The van der Waals surface area contributed by atoms with E-state index in [1.165, 1.54) is 54.6 Å². The van der Waals surface area contributed by atoms with Gasteiger partial charge in [-0.15, -0.1) is 0 Å². The zero-order chi connectivity index (χ0) is 20.8. The Morgan fingerprint density at radius 3 is 2.21 bits per heavy atom. The van der Waals surface area contributed by atoms with Crippen molar-refractivity contribution in [3.05, 3.63) is 72.8 Å². The Bertz CT molecular complexity index is 1470. The van der Waals surface area contributed by atoms with Crippen LogP contribution in [0.2, 0.25) is 0 Å². The Hall–Kier alpha value is -3.14. The molecule has 2 N–H and O–H groups in total. The summed E-state index contributed by atoms with van der Waals surface area (Å²) in [6, 6.07) is 17.2. The second-order valence-electron chi connectivity index (χ2n) is 6.34. The van der Waals surface area contributed by atoms with Gasteiger partial charge in [0.05, 0.1) is 0 Å². The van der Waals surface area contributed by atoms with Crippen LogP contribution >= 0.6 is 0 Å². The first-order valence-corrected chi connectivity index (χ1v) is 11.2. The summed E-state index contributed by atoms with van der Waals surface area (Å²) in [6.07, 6.45) is 0. The van der Waals surface area contributed by atoms with E-state index in [0.29, 0.717) is 16.2 Å². The number of hydrogen-bond acceptors (Lipinski definition) is 6. The molecule has 0 aliphatic rings. The minimum Gasteiger partial charge on any atom is -0.508 e. The molecule has 0 unspecified atom stereocenters. The zero-order valence-corrected chi connectivity index (χ0v) is 16.3. The molecule has 9 heteroatoms. The molecule has 0 heterocycles. The first kappa shape index (κ1) is 19.2. The SMILES string of the molecule is O=S(=O)(O)c1cccc2cc(OS(=O)(=O)c3ccc4cc(O)ccc4c3)ccc12. The van der Waals surface area contributed by atoms with Gasteiger partial charge in [-0.1, -0.05) is 24.3 Å². The predicted octanol–water partition coefficient (Wildman–Crippen LogP) is 3.71. The van der Waals surface area contributed by atoms with Crippen molar-refractivity contribution in [2.45, 2.75) is 9.79 Å². The maximum atomic E-state index is 12.7. The molecule has 0 atom stereocenters. The first-order chi connectivity index (χ1) is 13.6. The maximum Gasteiger partial charge on any atom is 0.339 e. The summed E-state index contributed by atoms with van der Waals surface area (Å²) in [7, 11) is -8.57. The van der Waals surface area contributed by atoms with Crippen molar-refractivity contribution in [1.82, 2.24) is 0 Å². The summed E-state index contributed by atoms with van der Waals surface area (Å²) in [5, 5.41) is 11.4. The number of phenolic OH excluding ortho intramolecular Hbond substituents is 1. The molecule has 0 bridgehead atoms. The Balaban J connectivity index is 1.73. The third-order valence-corrected chi connectivity index (χ3v) is 6.53. The maximum absolute atomic E-state index is 12.7. The fourth-order valence-corrected chi connectivity index (χ4v) is 4.72. The van der Waals surface area contributed by atoms with Crippen LogP contribution in [0.1, 0.15) is 0 Å². The molecule has 0 amide bonds. The zero-order valence-electron chi connectivity index (χ0n) is 14.7. The molecule has 0 saturated heterocycles. The molecule has 0 radical (unpaired) electrons. The number of benzene rings is 4. The average molecular weight is 430 g/mol. The summed E-state index contributed by atoms with van der Waals surface area (Å²) >= 11 is 0. The van der Waals surface area contributed by atoms with Crippen LogP contribution in [-0.2, 0) is 20.2 Å². The molecule has 4 aromatic carbocycles. The van der Waals surface area contributed by atoms with Crippen LogP contribution in [0, 0.1) is 0 Å². The smallest absolute Gasteiger partial charge is 0.339 e. The number of aromatic hydroxyl groups is 1. The number of phenols is 1. The van der Waals surface area contributed by atoms with E-state index in [2.05, 4.69) is 0 Å². The summed E-state index contributed by atoms with van der Waals surface area (Å²) in [5.41, 5.74) is 0. The van der Waals surface area contributed by atoms with Crippen molar-refractivity contribution >= 4 is 41.8 Å². The second-order valence-corrected chi connectivity index (χ2v) is 9.28. The molecule has 4 aromatic rings. The van der Waals surface area contributed by atoms with Crippen LogP contribution in [-0.4, -0.2) is 26.5 Å². The topological polar surface area (TPSA) is 118 Å². The average Bonchev–Trinajstić information content (AvgIpc) is 2.65. The summed E-state index contributed by atoms with van der Waals surface area (Å²) in [4.78, 5) is -0.343. The van der Waals surface area contributed by atoms with Crippen molar-refractivity contribution in [2.75, 3.05) is 0 Å². The van der Waals surface area contributed by atoms with Crippen LogP contribution in [0.5, 0.6) is 11.5 Å². The van der Waals surface area contributed by atoms with E-state index in [-0.39, 0.29) is 26.7 Å². The molecule has 7 nitrogen and oxygen atoms in total. The summed E-state index contributed by atoms with van der Waals surface area (Å²) in [6.45, 7) is 0. The third kappa shape index (κ3) is 3.75. The highest BCUT2D eigenvalue weighted by Crippen LogP contribution is 2.29. The highest BCUT2D eigenvalue weighted by molar-refractivity contribution is 7.87. The molecule has 29 heavy (non-hydrogen) atoms. The molecule has 148 valence electrons. The molecular formula is C20H14O7S2. The van der Waals surface area contributed by atoms with Gasteiger partial charge in [0.15, 0.2) is 0 Å².